The van der Waals surface area contributed by atoms with Crippen molar-refractivity contribution in [2.45, 2.75) is 384 Å². The van der Waals surface area contributed by atoms with E-state index in [2.05, 4.69) is 271 Å². The molecule has 24 nitrogen and oxygen atoms in total. The van der Waals surface area contributed by atoms with Crippen molar-refractivity contribution in [1.29, 1.82) is 5.26 Å². The summed E-state index contributed by atoms with van der Waals surface area (Å²) in [5.41, 5.74) is 4.42. The highest BCUT2D eigenvalue weighted by Crippen LogP contribution is 2.49. The summed E-state index contributed by atoms with van der Waals surface area (Å²) in [6, 6.07) is 2.11. The lowest BCUT2D eigenvalue weighted by atomic mass is 9.69. The van der Waals surface area contributed by atoms with E-state index < -0.39 is 16.1 Å². The van der Waals surface area contributed by atoms with E-state index in [4.69, 9.17) is 5.26 Å². The van der Waals surface area contributed by atoms with Gasteiger partial charge in [0.1, 0.15) is 18.0 Å². The van der Waals surface area contributed by atoms with Crippen LogP contribution in [0.3, 0.4) is 0 Å². The van der Waals surface area contributed by atoms with Gasteiger partial charge in [-0.25, -0.2) is 37.6 Å². The fraction of sp³-hybridized carbons (Fsp3) is 0.851. The van der Waals surface area contributed by atoms with Crippen molar-refractivity contribution in [3.8, 4) is 6.07 Å². The summed E-state index contributed by atoms with van der Waals surface area (Å²) < 4.78 is 24.5. The van der Waals surface area contributed by atoms with Crippen molar-refractivity contribution in [2.75, 3.05) is 139 Å². The molecule has 17 atom stereocenters. The Labute approximate surface area is 893 Å². The molecule has 3 aromatic heterocycles. The van der Waals surface area contributed by atoms with Gasteiger partial charge in [-0.3, -0.25) is 29.0 Å². The number of aryl methyl sites for hydroxylation is 3. The first-order valence-electron chi connectivity index (χ1n) is 58.4. The summed E-state index contributed by atoms with van der Waals surface area (Å²) in [5, 5.41) is 18.2. The number of aliphatic hydroxyl groups excluding tert-OH is 1. The maximum atomic E-state index is 12.3. The number of hydrogen-bond donors (Lipinski definition) is 1. The number of likely N-dealkylation sites (tertiary alicyclic amines) is 5. The first-order chi connectivity index (χ1) is 68.3. The minimum atomic E-state index is -2.98. The summed E-state index contributed by atoms with van der Waals surface area (Å²) in [5.74, 6) is 19.6. The average molecular weight is 2060 g/mol. The van der Waals surface area contributed by atoms with Crippen molar-refractivity contribution < 1.29 is 37.5 Å². The molecule has 1 saturated carbocycles. The van der Waals surface area contributed by atoms with Crippen LogP contribution in [-0.4, -0.2) is 232 Å². The smallest absolute Gasteiger partial charge is 0.251 e. The molecule has 13 rings (SSSR count). The van der Waals surface area contributed by atoms with E-state index in [0.717, 1.165) is 268 Å². The molecule has 1 aliphatic carbocycles. The standard InChI is InChI=1S/C15H25N3.C15H27NO.C14H20N4.C14H27NO.C13H21N3.C13H25NO2.2C13H25NO.C11H23NO2S/c1-11(2)13-6-7-18(10-15(13,4)5)14-9-16-12(3)8-17-14;1-5-12-10-16(9-6-13(12)11(2)3)14(17)15(4)7-8-15;1-10-5-6-18(9-14(10,3)4)13-16-8-12(7-15)11(2)17-13;1-6-12-9-15(14(16)11(4)5)8-7-13(12)10(2)3;1-10-7-14-12(15-8-10)16-6-5-11(2)13(3,4)9-16;1-5-11-8-14(13(16)10(4)15)7-6-12(11)9(2)3;1-5-10(3)13(15)14-8-7-11(4)12(6-2)9-14;1-5-11-9-14(13(15)6-2)8-7-12(11)10(3)4;1-5-10-8-12(15(4,13)14)7-6-11(10)9(2)3/h8-9,11,13H,6-7,10H2,1-5H3;11-13H,5-10H2,1-4H3;8,10H,5-6,9H2,1-4H3;10-13H,6-9H2,1-5H3;7-8,11H,5-6,9H2,1-4H3;9-12,15H,5-8H2,1-4H3;2*10-12H,5-9H2,1-4H3;9-11H,5-8H2,1-4H3/t13-;12-,13+;10-;12-,13+;11-;10-,11+,12-;10-,11+,12+;11-,12+;10-,11+/m011110011/s1. The number of nitriles is 1. The van der Waals surface area contributed by atoms with Gasteiger partial charge in [0.15, 0.2) is 0 Å². The van der Waals surface area contributed by atoms with Crippen molar-refractivity contribution in [3.05, 3.63) is 53.5 Å². The van der Waals surface area contributed by atoms with Crippen molar-refractivity contribution >= 4 is 57.3 Å². The molecule has 9 aliphatic heterocycles. The Hall–Kier alpha value is -6.65. The van der Waals surface area contributed by atoms with Gasteiger partial charge in [-0.1, -0.05) is 267 Å². The zero-order valence-electron chi connectivity index (χ0n) is 100. The lowest BCUT2D eigenvalue weighted by molar-refractivity contribution is -0.142. The Morgan fingerprint density at radius 2 is 0.808 bits per heavy atom. The first kappa shape index (κ1) is 130. The molecule has 836 valence electrons. The Kier molecular flexibility index (Phi) is 54.0. The fourth-order valence-electron chi connectivity index (χ4n) is 24.8. The summed E-state index contributed by atoms with van der Waals surface area (Å²) in [7, 11) is -2.98. The topological polar surface area (TPSA) is 270 Å². The molecule has 10 fully saturated rings. The third-order valence-electron chi connectivity index (χ3n) is 36.4. The number of rotatable bonds is 22. The summed E-state index contributed by atoms with van der Waals surface area (Å²) >= 11 is 0. The van der Waals surface area contributed by atoms with Gasteiger partial charge in [-0.2, -0.15) is 5.26 Å². The number of anilines is 3. The molecule has 146 heavy (non-hydrogen) atoms. The molecule has 1 N–H and O–H groups in total. The number of sulfonamides is 1. The first-order valence-corrected chi connectivity index (χ1v) is 60.3. The Bertz CT molecular complexity index is 4440. The number of amides is 5. The highest BCUT2D eigenvalue weighted by Gasteiger charge is 2.49. The number of piperidine rings is 9. The monoisotopic (exact) mass is 2060 g/mol. The van der Waals surface area contributed by atoms with Gasteiger partial charge in [0, 0.05) is 154 Å². The lowest BCUT2D eigenvalue weighted by Gasteiger charge is -2.46. The van der Waals surface area contributed by atoms with Crippen molar-refractivity contribution in [3.63, 3.8) is 0 Å². The van der Waals surface area contributed by atoms with Gasteiger partial charge < -0.3 is 44.3 Å². The average Bonchev–Trinajstić information content (AvgIpc) is 1.57. The predicted molar refractivity (Wildman–Crippen MR) is 608 cm³/mol. The van der Waals surface area contributed by atoms with Crippen LogP contribution >= 0.6 is 0 Å². The van der Waals surface area contributed by atoms with Gasteiger partial charge in [0.25, 0.3) is 5.91 Å². The van der Waals surface area contributed by atoms with E-state index in [9.17, 15) is 37.5 Å². The highest BCUT2D eigenvalue weighted by molar-refractivity contribution is 7.88. The molecule has 0 radical (unpaired) electrons. The predicted octanol–water partition coefficient (Wildman–Crippen LogP) is 24.7. The van der Waals surface area contributed by atoms with Gasteiger partial charge in [0.05, 0.1) is 41.8 Å². The van der Waals surface area contributed by atoms with Crippen LogP contribution in [0.5, 0.6) is 0 Å². The SMILES string of the molecule is CCC(=O)N1CC[C@@H](C(C)C)[C@H](CC)C1.CC[C@@H]1CN(C(=O)C(C)C)CC[C@H]1C(C)C.CC[C@@H]1CN(C(=O)C2(C)CC2)CC[C@H]1C(C)C.CC[C@@H]1CN(C(=O)[C@@H](C)CC)CC[C@H]1C.CC[C@@H]1CN(C(=O)[C@H](C)O)CC[C@H]1C(C)C.CC[C@@H]1CN(S(C)(=O)=O)CC[C@H]1C(C)C.Cc1cnc(N2CC[C@@H](C(C)C)C(C)(C)C2)cn1.Cc1cnc(N2CC[C@@H](C)C(C)(C)C2)nc1.Cc1nc(N2CC[C@@H](C)C(C)(C)C2)ncc1C#N. The number of nitrogens with zero attached hydrogens (tertiary/aromatic N) is 16. The van der Waals surface area contributed by atoms with Crippen LogP contribution in [0.2, 0.25) is 0 Å². The van der Waals surface area contributed by atoms with Crippen LogP contribution in [0.4, 0.5) is 17.7 Å². The third kappa shape index (κ3) is 39.2. The van der Waals surface area contributed by atoms with Crippen molar-refractivity contribution in [1.82, 2.24) is 58.7 Å². The molecule has 5 amide bonds. The van der Waals surface area contributed by atoms with Gasteiger partial charge in [-0.15, -0.1) is 0 Å². The molecule has 10 aliphatic rings. The van der Waals surface area contributed by atoms with E-state index in [1.54, 1.807) is 17.4 Å². The molecule has 25 heteroatoms. The number of hydrogen-bond acceptors (Lipinski definition) is 18. The van der Waals surface area contributed by atoms with Crippen LogP contribution < -0.4 is 14.7 Å². The quantitative estimate of drug-likeness (QED) is 0.0979. The van der Waals surface area contributed by atoms with E-state index in [0.29, 0.717) is 106 Å². The number of aromatic nitrogens is 6. The zero-order chi connectivity index (χ0) is 110. The molecule has 0 spiro atoms. The number of carbonyl (C=O) groups excluding carboxylic acids is 5. The van der Waals surface area contributed by atoms with Gasteiger partial charge in [0.2, 0.25) is 45.5 Å². The minimum absolute atomic E-state index is 0.0168. The van der Waals surface area contributed by atoms with Crippen molar-refractivity contribution in [2.24, 2.45) is 158 Å². The lowest BCUT2D eigenvalue weighted by Crippen LogP contribution is -2.47. The van der Waals surface area contributed by atoms with Crippen LogP contribution in [0.15, 0.2) is 31.0 Å². The fourth-order valence-corrected chi connectivity index (χ4v) is 25.7. The van der Waals surface area contributed by atoms with E-state index in [1.807, 2.05) is 78.2 Å². The summed E-state index contributed by atoms with van der Waals surface area (Å²) in [6.45, 7) is 98.8. The number of carbonyl (C=O) groups is 5. The zero-order valence-corrected chi connectivity index (χ0v) is 101. The second kappa shape index (κ2) is 60.7. The van der Waals surface area contributed by atoms with E-state index in [1.165, 1.54) is 70.5 Å². The van der Waals surface area contributed by atoms with Crippen LogP contribution in [0.25, 0.3) is 0 Å². The van der Waals surface area contributed by atoms with E-state index >= 15 is 0 Å². The molecule has 0 bridgehead atoms. The number of aliphatic hydroxyl groups is 1. The van der Waals surface area contributed by atoms with Gasteiger partial charge >= 0.3 is 0 Å². The highest BCUT2D eigenvalue weighted by atomic mass is 32.2. The normalized spacial score (nSPS) is 26.9. The van der Waals surface area contributed by atoms with Gasteiger partial charge in [-0.05, 0) is 251 Å². The summed E-state index contributed by atoms with van der Waals surface area (Å²) in [6.07, 6.45) is 31.0. The van der Waals surface area contributed by atoms with Crippen LogP contribution in [-0.2, 0) is 34.0 Å². The molecule has 0 aromatic carbocycles. The Balaban J connectivity index is 0.000000289. The maximum absolute atomic E-state index is 12.3. The maximum Gasteiger partial charge on any atom is 0.251 e. The van der Waals surface area contributed by atoms with Crippen LogP contribution in [0, 0.1) is 190 Å². The second-order valence-corrected chi connectivity index (χ2v) is 53.0. The summed E-state index contributed by atoms with van der Waals surface area (Å²) in [4.78, 5) is 103. The van der Waals surface area contributed by atoms with Crippen LogP contribution in [0.1, 0.15) is 380 Å². The second-order valence-electron chi connectivity index (χ2n) is 51.0. The molecular formula is C121H218N16O8S. The minimum Gasteiger partial charge on any atom is -0.384 e. The Morgan fingerprint density at radius 1 is 0.425 bits per heavy atom. The molecule has 0 unspecified atom stereocenters. The molecule has 12 heterocycles. The third-order valence-corrected chi connectivity index (χ3v) is 37.6. The largest absolute Gasteiger partial charge is 0.384 e. The molecular weight excluding hydrogens is 1840 g/mol. The van der Waals surface area contributed by atoms with E-state index in [-0.39, 0.29) is 28.6 Å². The Morgan fingerprint density at radius 3 is 1.18 bits per heavy atom. The molecule has 3 aromatic rings. The molecule has 9 saturated heterocycles.